The van der Waals surface area contributed by atoms with Crippen molar-refractivity contribution in [3.8, 4) is 0 Å². The summed E-state index contributed by atoms with van der Waals surface area (Å²) in [5, 5.41) is 5.46. The fourth-order valence-corrected chi connectivity index (χ4v) is 2.46. The molecule has 0 spiro atoms. The number of aryl methyl sites for hydroxylation is 1. The first kappa shape index (κ1) is 12.1. The van der Waals surface area contributed by atoms with Crippen molar-refractivity contribution in [1.29, 1.82) is 0 Å². The molecule has 0 atom stereocenters. The molecule has 0 aliphatic heterocycles. The maximum Gasteiger partial charge on any atom is 0.0454 e. The molecule has 0 unspecified atom stereocenters. The lowest BCUT2D eigenvalue weighted by Gasteiger charge is -2.10. The van der Waals surface area contributed by atoms with E-state index < -0.39 is 0 Å². The van der Waals surface area contributed by atoms with E-state index in [0.29, 0.717) is 0 Å². The first-order valence-electron chi connectivity index (χ1n) is 6.28. The summed E-state index contributed by atoms with van der Waals surface area (Å²) in [7, 11) is 0. The quantitative estimate of drug-likeness (QED) is 0.707. The monoisotopic (exact) mass is 270 g/mol. The van der Waals surface area contributed by atoms with E-state index in [1.807, 2.05) is 24.4 Å². The molecule has 0 radical (unpaired) electrons. The zero-order valence-corrected chi connectivity index (χ0v) is 11.5. The summed E-state index contributed by atoms with van der Waals surface area (Å²) >= 11 is 5.96. The molecule has 0 amide bonds. The largest absolute Gasteiger partial charge is 0.381 e. The Labute approximate surface area is 117 Å². The molecular weight excluding hydrogens is 256 g/mol. The molecule has 19 heavy (non-hydrogen) atoms. The maximum atomic E-state index is 5.96. The zero-order chi connectivity index (χ0) is 13.2. The molecule has 0 bridgehead atoms. The minimum Gasteiger partial charge on any atom is -0.381 e. The van der Waals surface area contributed by atoms with Gasteiger partial charge in [-0.1, -0.05) is 17.7 Å². The zero-order valence-electron chi connectivity index (χ0n) is 10.7. The molecule has 2 N–H and O–H groups in total. The first-order valence-corrected chi connectivity index (χ1v) is 6.66. The molecule has 2 aromatic carbocycles. The molecule has 3 aromatic rings. The number of anilines is 1. The van der Waals surface area contributed by atoms with Crippen LogP contribution in [-0.2, 0) is 6.54 Å². The third-order valence-corrected chi connectivity index (χ3v) is 3.52. The van der Waals surface area contributed by atoms with E-state index in [9.17, 15) is 0 Å². The van der Waals surface area contributed by atoms with Gasteiger partial charge in [-0.3, -0.25) is 0 Å². The standard InChI is InChI=1S/C16H15ClN2/c1-11-8-14(17)3-5-15(11)19-10-12-2-4-16-13(9-12)6-7-18-16/h2-9,18-19H,10H2,1H3. The Morgan fingerprint density at radius 2 is 2.00 bits per heavy atom. The fourth-order valence-electron chi connectivity index (χ4n) is 2.24. The van der Waals surface area contributed by atoms with E-state index in [1.165, 1.54) is 16.5 Å². The van der Waals surface area contributed by atoms with Crippen molar-refractivity contribution >= 4 is 28.2 Å². The molecule has 0 saturated carbocycles. The second kappa shape index (κ2) is 4.98. The summed E-state index contributed by atoms with van der Waals surface area (Å²) in [5.41, 5.74) is 4.72. The van der Waals surface area contributed by atoms with Gasteiger partial charge in [0.1, 0.15) is 0 Å². The number of benzene rings is 2. The van der Waals surface area contributed by atoms with Crippen LogP contribution in [0.1, 0.15) is 11.1 Å². The second-order valence-electron chi connectivity index (χ2n) is 4.71. The highest BCUT2D eigenvalue weighted by Gasteiger charge is 2.00. The predicted molar refractivity (Wildman–Crippen MR) is 81.8 cm³/mol. The van der Waals surface area contributed by atoms with E-state index in [-0.39, 0.29) is 0 Å². The van der Waals surface area contributed by atoms with E-state index in [4.69, 9.17) is 11.6 Å². The SMILES string of the molecule is Cc1cc(Cl)ccc1NCc1ccc2[nH]ccc2c1. The van der Waals surface area contributed by atoms with Gasteiger partial charge < -0.3 is 10.3 Å². The Bertz CT molecular complexity index is 716. The molecule has 0 saturated heterocycles. The molecule has 0 aliphatic carbocycles. The molecule has 2 nitrogen and oxygen atoms in total. The van der Waals surface area contributed by atoms with Crippen LogP contribution in [0.2, 0.25) is 5.02 Å². The minimum absolute atomic E-state index is 0.775. The Hall–Kier alpha value is -1.93. The highest BCUT2D eigenvalue weighted by Crippen LogP contribution is 2.21. The average Bonchev–Trinajstić information content (AvgIpc) is 2.85. The van der Waals surface area contributed by atoms with Crippen molar-refractivity contribution in [2.24, 2.45) is 0 Å². The van der Waals surface area contributed by atoms with Crippen molar-refractivity contribution in [1.82, 2.24) is 4.98 Å². The normalized spacial score (nSPS) is 10.8. The molecule has 3 rings (SSSR count). The summed E-state index contributed by atoms with van der Waals surface area (Å²) in [6, 6.07) is 14.4. The number of nitrogens with one attached hydrogen (secondary N) is 2. The summed E-state index contributed by atoms with van der Waals surface area (Å²) in [6.45, 7) is 2.87. The van der Waals surface area contributed by atoms with Crippen LogP contribution >= 0.6 is 11.6 Å². The molecule has 96 valence electrons. The van der Waals surface area contributed by atoms with Crippen molar-refractivity contribution in [3.05, 3.63) is 64.8 Å². The van der Waals surface area contributed by atoms with Crippen LogP contribution < -0.4 is 5.32 Å². The molecule has 0 fully saturated rings. The Morgan fingerprint density at radius 3 is 2.84 bits per heavy atom. The van der Waals surface area contributed by atoms with Gasteiger partial charge in [0.15, 0.2) is 0 Å². The molecular formula is C16H15ClN2. The van der Waals surface area contributed by atoms with Gasteiger partial charge in [0.05, 0.1) is 0 Å². The second-order valence-corrected chi connectivity index (χ2v) is 5.15. The van der Waals surface area contributed by atoms with Crippen LogP contribution in [0.15, 0.2) is 48.7 Å². The highest BCUT2D eigenvalue weighted by atomic mass is 35.5. The minimum atomic E-state index is 0.775. The average molecular weight is 271 g/mol. The first-order chi connectivity index (χ1) is 9.22. The Balaban J connectivity index is 1.77. The van der Waals surface area contributed by atoms with Gasteiger partial charge >= 0.3 is 0 Å². The fraction of sp³-hybridized carbons (Fsp3) is 0.125. The number of hydrogen-bond donors (Lipinski definition) is 2. The van der Waals surface area contributed by atoms with Gasteiger partial charge in [-0.25, -0.2) is 0 Å². The van der Waals surface area contributed by atoms with Crippen molar-refractivity contribution < 1.29 is 0 Å². The van der Waals surface area contributed by atoms with Crippen molar-refractivity contribution in [3.63, 3.8) is 0 Å². The van der Waals surface area contributed by atoms with Gasteiger partial charge in [-0.2, -0.15) is 0 Å². The topological polar surface area (TPSA) is 27.8 Å². The Kier molecular flexibility index (Phi) is 3.18. The smallest absolute Gasteiger partial charge is 0.0454 e. The maximum absolute atomic E-state index is 5.96. The lowest BCUT2D eigenvalue weighted by Crippen LogP contribution is -2.00. The third kappa shape index (κ3) is 2.59. The van der Waals surface area contributed by atoms with Crippen LogP contribution in [0.4, 0.5) is 5.69 Å². The van der Waals surface area contributed by atoms with E-state index in [1.54, 1.807) is 0 Å². The van der Waals surface area contributed by atoms with Crippen molar-refractivity contribution in [2.75, 3.05) is 5.32 Å². The van der Waals surface area contributed by atoms with Crippen LogP contribution in [-0.4, -0.2) is 4.98 Å². The summed E-state index contributed by atoms with van der Waals surface area (Å²) < 4.78 is 0. The Morgan fingerprint density at radius 1 is 1.11 bits per heavy atom. The van der Waals surface area contributed by atoms with Crippen molar-refractivity contribution in [2.45, 2.75) is 13.5 Å². The van der Waals surface area contributed by atoms with E-state index >= 15 is 0 Å². The summed E-state index contributed by atoms with van der Waals surface area (Å²) in [6.07, 6.45) is 1.96. The number of rotatable bonds is 3. The highest BCUT2D eigenvalue weighted by molar-refractivity contribution is 6.30. The number of H-pyrrole nitrogens is 1. The predicted octanol–water partition coefficient (Wildman–Crippen LogP) is 4.74. The van der Waals surface area contributed by atoms with Gasteiger partial charge in [0, 0.05) is 29.0 Å². The number of aromatic nitrogens is 1. The molecule has 0 aliphatic rings. The van der Waals surface area contributed by atoms with Gasteiger partial charge in [-0.05, 0) is 59.8 Å². The molecule has 3 heteroatoms. The van der Waals surface area contributed by atoms with Crippen LogP contribution in [0.25, 0.3) is 10.9 Å². The lowest BCUT2D eigenvalue weighted by atomic mass is 10.1. The van der Waals surface area contributed by atoms with Gasteiger partial charge in [0.2, 0.25) is 0 Å². The number of fused-ring (bicyclic) bond motifs is 1. The van der Waals surface area contributed by atoms with E-state index in [0.717, 1.165) is 22.8 Å². The van der Waals surface area contributed by atoms with Crippen LogP contribution in [0.5, 0.6) is 0 Å². The van der Waals surface area contributed by atoms with Gasteiger partial charge in [0.25, 0.3) is 0 Å². The third-order valence-electron chi connectivity index (χ3n) is 3.29. The summed E-state index contributed by atoms with van der Waals surface area (Å²) in [4.78, 5) is 3.20. The number of hydrogen-bond acceptors (Lipinski definition) is 1. The molecule has 1 aromatic heterocycles. The number of halogens is 1. The molecule has 1 heterocycles. The van der Waals surface area contributed by atoms with E-state index in [2.05, 4.69) is 41.5 Å². The van der Waals surface area contributed by atoms with Crippen LogP contribution in [0, 0.1) is 6.92 Å². The van der Waals surface area contributed by atoms with Crippen LogP contribution in [0.3, 0.4) is 0 Å². The number of aromatic amines is 1. The van der Waals surface area contributed by atoms with Gasteiger partial charge in [-0.15, -0.1) is 0 Å². The summed E-state index contributed by atoms with van der Waals surface area (Å²) in [5.74, 6) is 0. The lowest BCUT2D eigenvalue weighted by molar-refractivity contribution is 1.14.